The molecule has 1 aromatic carbocycles. The summed E-state index contributed by atoms with van der Waals surface area (Å²) in [7, 11) is 0. The number of anilines is 1. The zero-order chi connectivity index (χ0) is 15.4. The number of fused-ring (bicyclic) bond motifs is 1. The molecule has 21 heavy (non-hydrogen) atoms. The molecule has 114 valence electrons. The summed E-state index contributed by atoms with van der Waals surface area (Å²) in [5, 5.41) is 12.4. The molecular weight excluding hydrogens is 292 g/mol. The molecule has 0 bridgehead atoms. The van der Waals surface area contributed by atoms with E-state index in [4.69, 9.17) is 22.1 Å². The monoisotopic (exact) mass is 310 g/mol. The molecule has 5 nitrogen and oxygen atoms in total. The smallest absolute Gasteiger partial charge is 0.245 e. The number of carbonyl (C=O) groups excluding carboxylic acids is 1. The number of nitrogens with two attached hydrogens (primary N) is 1. The number of halogens is 1. The highest BCUT2D eigenvalue weighted by Gasteiger charge is 2.71. The lowest BCUT2D eigenvalue weighted by atomic mass is 9.48. The van der Waals surface area contributed by atoms with E-state index in [0.717, 1.165) is 6.42 Å². The van der Waals surface area contributed by atoms with E-state index in [0.29, 0.717) is 12.3 Å². The molecule has 0 radical (unpaired) electrons. The van der Waals surface area contributed by atoms with Crippen molar-refractivity contribution in [3.05, 3.63) is 23.2 Å². The molecule has 3 rings (SSSR count). The predicted octanol–water partition coefficient (Wildman–Crippen LogP) is 2.13. The summed E-state index contributed by atoms with van der Waals surface area (Å²) in [5.74, 6) is -0.216. The van der Waals surface area contributed by atoms with Crippen LogP contribution in [0.5, 0.6) is 5.75 Å². The summed E-state index contributed by atoms with van der Waals surface area (Å²) in [4.78, 5) is 12.7. The summed E-state index contributed by atoms with van der Waals surface area (Å²) in [6.45, 7) is 4.57. The largest absolute Gasteiger partial charge is 0.506 e. The molecule has 1 aliphatic carbocycles. The van der Waals surface area contributed by atoms with Gasteiger partial charge in [-0.3, -0.25) is 4.79 Å². The van der Waals surface area contributed by atoms with E-state index in [1.807, 2.05) is 13.8 Å². The number of rotatable bonds is 2. The molecule has 1 heterocycles. The first-order valence-corrected chi connectivity index (χ1v) is 7.36. The third kappa shape index (κ3) is 1.88. The SMILES string of the molecule is CC1(C)C2OCCC2C1(N)C(=O)Nc1ccc(O)c(Cl)c1. The number of benzene rings is 1. The number of carbonyl (C=O) groups is 1. The van der Waals surface area contributed by atoms with E-state index >= 15 is 0 Å². The van der Waals surface area contributed by atoms with Crippen molar-refractivity contribution in [2.45, 2.75) is 31.9 Å². The molecule has 2 aliphatic rings. The highest BCUT2D eigenvalue weighted by atomic mass is 35.5. The van der Waals surface area contributed by atoms with Crippen molar-refractivity contribution in [2.75, 3.05) is 11.9 Å². The van der Waals surface area contributed by atoms with Crippen molar-refractivity contribution in [1.29, 1.82) is 0 Å². The minimum atomic E-state index is -0.960. The van der Waals surface area contributed by atoms with E-state index < -0.39 is 11.0 Å². The Morgan fingerprint density at radius 1 is 1.52 bits per heavy atom. The molecule has 1 saturated carbocycles. The summed E-state index contributed by atoms with van der Waals surface area (Å²) >= 11 is 5.85. The number of hydrogen-bond donors (Lipinski definition) is 3. The fraction of sp³-hybridized carbons (Fsp3) is 0.533. The van der Waals surface area contributed by atoms with Gasteiger partial charge in [-0.25, -0.2) is 0 Å². The second kappa shape index (κ2) is 4.60. The quantitative estimate of drug-likeness (QED) is 0.731. The van der Waals surface area contributed by atoms with Crippen LogP contribution in [0.1, 0.15) is 20.3 Å². The predicted molar refractivity (Wildman–Crippen MR) is 80.3 cm³/mol. The van der Waals surface area contributed by atoms with Gasteiger partial charge in [-0.1, -0.05) is 25.4 Å². The van der Waals surface area contributed by atoms with Crippen LogP contribution in [0.2, 0.25) is 5.02 Å². The number of ether oxygens (including phenoxy) is 1. The third-order valence-corrected chi connectivity index (χ3v) is 5.34. The average Bonchev–Trinajstić information content (AvgIpc) is 2.90. The lowest BCUT2D eigenvalue weighted by Gasteiger charge is -2.60. The van der Waals surface area contributed by atoms with Gasteiger partial charge in [-0.05, 0) is 24.6 Å². The maximum atomic E-state index is 12.7. The van der Waals surface area contributed by atoms with Gasteiger partial charge in [-0.15, -0.1) is 0 Å². The van der Waals surface area contributed by atoms with Gasteiger partial charge in [-0.2, -0.15) is 0 Å². The normalized spacial score (nSPS) is 33.1. The van der Waals surface area contributed by atoms with Crippen LogP contribution < -0.4 is 11.1 Å². The molecule has 3 unspecified atom stereocenters. The molecule has 4 N–H and O–H groups in total. The molecule has 1 aromatic rings. The number of amides is 1. The average molecular weight is 311 g/mol. The van der Waals surface area contributed by atoms with Gasteiger partial charge in [0.2, 0.25) is 5.91 Å². The molecular formula is C15H19ClN2O3. The van der Waals surface area contributed by atoms with Gasteiger partial charge in [0.25, 0.3) is 0 Å². The Kier molecular flexibility index (Phi) is 3.20. The molecule has 1 aliphatic heterocycles. The van der Waals surface area contributed by atoms with Crippen LogP contribution in [-0.4, -0.2) is 29.3 Å². The highest BCUT2D eigenvalue weighted by Crippen LogP contribution is 2.58. The van der Waals surface area contributed by atoms with Gasteiger partial charge >= 0.3 is 0 Å². The van der Waals surface area contributed by atoms with E-state index in [-0.39, 0.29) is 28.7 Å². The second-order valence-electron chi connectivity index (χ2n) is 6.40. The maximum absolute atomic E-state index is 12.7. The van der Waals surface area contributed by atoms with E-state index in [1.54, 1.807) is 6.07 Å². The number of nitrogens with one attached hydrogen (secondary N) is 1. The fourth-order valence-corrected chi connectivity index (χ4v) is 3.84. The Morgan fingerprint density at radius 3 is 2.90 bits per heavy atom. The number of hydrogen-bond acceptors (Lipinski definition) is 4. The zero-order valence-electron chi connectivity index (χ0n) is 12.0. The van der Waals surface area contributed by atoms with Gasteiger partial charge < -0.3 is 20.9 Å². The van der Waals surface area contributed by atoms with E-state index in [9.17, 15) is 9.90 Å². The van der Waals surface area contributed by atoms with E-state index in [2.05, 4.69) is 5.32 Å². The summed E-state index contributed by atoms with van der Waals surface area (Å²) in [6.07, 6.45) is 0.839. The summed E-state index contributed by atoms with van der Waals surface area (Å²) in [5.41, 5.74) is 5.59. The first-order chi connectivity index (χ1) is 9.78. The lowest BCUT2D eigenvalue weighted by Crippen LogP contribution is -2.79. The van der Waals surface area contributed by atoms with Gasteiger partial charge in [0.05, 0.1) is 11.1 Å². The van der Waals surface area contributed by atoms with Gasteiger partial charge in [0.15, 0.2) is 0 Å². The van der Waals surface area contributed by atoms with Crippen LogP contribution in [0.15, 0.2) is 18.2 Å². The van der Waals surface area contributed by atoms with Crippen molar-refractivity contribution in [1.82, 2.24) is 0 Å². The minimum Gasteiger partial charge on any atom is -0.506 e. The minimum absolute atomic E-state index is 0.0228. The van der Waals surface area contributed by atoms with Crippen molar-refractivity contribution in [2.24, 2.45) is 17.1 Å². The Hall–Kier alpha value is -1.30. The Bertz CT molecular complexity index is 605. The topological polar surface area (TPSA) is 84.6 Å². The van der Waals surface area contributed by atoms with Crippen LogP contribution in [0.25, 0.3) is 0 Å². The highest BCUT2D eigenvalue weighted by molar-refractivity contribution is 6.32. The van der Waals surface area contributed by atoms with Crippen molar-refractivity contribution >= 4 is 23.2 Å². The van der Waals surface area contributed by atoms with Crippen molar-refractivity contribution in [3.63, 3.8) is 0 Å². The molecule has 3 atom stereocenters. The molecule has 1 saturated heterocycles. The Balaban J connectivity index is 1.83. The summed E-state index contributed by atoms with van der Waals surface area (Å²) in [6, 6.07) is 4.54. The van der Waals surface area contributed by atoms with Crippen LogP contribution in [0, 0.1) is 11.3 Å². The molecule has 1 amide bonds. The van der Waals surface area contributed by atoms with Crippen LogP contribution >= 0.6 is 11.6 Å². The van der Waals surface area contributed by atoms with Crippen molar-refractivity contribution < 1.29 is 14.6 Å². The zero-order valence-corrected chi connectivity index (χ0v) is 12.8. The molecule has 0 spiro atoms. The standard InChI is InChI=1S/C15H19ClN2O3/c1-14(2)12-9(5-6-21-12)15(14,17)13(20)18-8-3-4-11(19)10(16)7-8/h3-4,7,9,12,19H,5-6,17H2,1-2H3,(H,18,20). The Labute approximate surface area is 128 Å². The second-order valence-corrected chi connectivity index (χ2v) is 6.80. The fourth-order valence-electron chi connectivity index (χ4n) is 3.66. The first-order valence-electron chi connectivity index (χ1n) is 6.99. The molecule has 2 fully saturated rings. The molecule has 6 heteroatoms. The van der Waals surface area contributed by atoms with Crippen molar-refractivity contribution in [3.8, 4) is 5.75 Å². The van der Waals surface area contributed by atoms with Crippen LogP contribution in [0.3, 0.4) is 0 Å². The Morgan fingerprint density at radius 2 is 2.24 bits per heavy atom. The summed E-state index contributed by atoms with van der Waals surface area (Å²) < 4.78 is 5.68. The van der Waals surface area contributed by atoms with Crippen LogP contribution in [0.4, 0.5) is 5.69 Å². The number of phenolic OH excluding ortho intramolecular Hbond substituents is 1. The maximum Gasteiger partial charge on any atom is 0.245 e. The molecule has 0 aromatic heterocycles. The lowest BCUT2D eigenvalue weighted by molar-refractivity contribution is -0.170. The first kappa shape index (κ1) is 14.6. The number of aromatic hydroxyl groups is 1. The van der Waals surface area contributed by atoms with E-state index in [1.165, 1.54) is 12.1 Å². The third-order valence-electron chi connectivity index (χ3n) is 5.04. The number of phenols is 1. The van der Waals surface area contributed by atoms with Crippen LogP contribution in [-0.2, 0) is 9.53 Å². The van der Waals surface area contributed by atoms with Gasteiger partial charge in [0.1, 0.15) is 11.3 Å². The van der Waals surface area contributed by atoms with Gasteiger partial charge in [0, 0.05) is 23.6 Å².